The highest BCUT2D eigenvalue weighted by Gasteiger charge is 2.33. The molecule has 2 amide bonds. The van der Waals surface area contributed by atoms with Crippen LogP contribution in [0.5, 0.6) is 0 Å². The number of hydrogen-bond donors (Lipinski definition) is 2. The number of nitrogens with one attached hydrogen (secondary N) is 1. The number of piperazine rings is 1. The minimum absolute atomic E-state index is 0.0974. The molecule has 7 heteroatoms. The topological polar surface area (TPSA) is 101 Å². The van der Waals surface area contributed by atoms with Crippen molar-refractivity contribution in [2.45, 2.75) is 26.3 Å². The van der Waals surface area contributed by atoms with Crippen molar-refractivity contribution in [3.8, 4) is 0 Å². The molecule has 1 atom stereocenters. The van der Waals surface area contributed by atoms with Gasteiger partial charge in [0.15, 0.2) is 0 Å². The lowest BCUT2D eigenvalue weighted by atomic mass is 10.1. The van der Waals surface area contributed by atoms with Crippen LogP contribution in [0.1, 0.15) is 19.0 Å². The van der Waals surface area contributed by atoms with Gasteiger partial charge in [-0.25, -0.2) is 4.98 Å². The predicted octanol–water partition coefficient (Wildman–Crippen LogP) is -0.391. The van der Waals surface area contributed by atoms with Crippen LogP contribution in [0, 0.1) is 6.92 Å². The zero-order chi connectivity index (χ0) is 13.3. The Balaban J connectivity index is 2.39. The fourth-order valence-electron chi connectivity index (χ4n) is 2.03. The molecule has 3 N–H and O–H groups in total. The van der Waals surface area contributed by atoms with Crippen molar-refractivity contribution in [3.63, 3.8) is 0 Å². The van der Waals surface area contributed by atoms with Gasteiger partial charge in [0, 0.05) is 11.8 Å². The molecule has 0 spiro atoms. The second-order valence-electron chi connectivity index (χ2n) is 4.19. The van der Waals surface area contributed by atoms with Crippen LogP contribution in [0.3, 0.4) is 0 Å². The number of nitrogen functional groups attached to an aromatic ring is 1. The van der Waals surface area contributed by atoms with Crippen LogP contribution < -0.4 is 16.0 Å². The van der Waals surface area contributed by atoms with Crippen LogP contribution in [0.15, 0.2) is 6.07 Å². The van der Waals surface area contributed by atoms with Gasteiger partial charge in [-0.3, -0.25) is 14.9 Å². The number of hydrogen-bond acceptors (Lipinski definition) is 6. The van der Waals surface area contributed by atoms with Crippen molar-refractivity contribution in [2.24, 2.45) is 0 Å². The number of imide groups is 1. The Labute approximate surface area is 104 Å². The van der Waals surface area contributed by atoms with Crippen LogP contribution in [-0.2, 0) is 9.59 Å². The molecular weight excluding hydrogens is 234 g/mol. The summed E-state index contributed by atoms with van der Waals surface area (Å²) in [5.41, 5.74) is 6.29. The Hall–Kier alpha value is -2.18. The zero-order valence-electron chi connectivity index (χ0n) is 10.3. The largest absolute Gasteiger partial charge is 0.368 e. The van der Waals surface area contributed by atoms with Crippen molar-refractivity contribution in [3.05, 3.63) is 11.8 Å². The van der Waals surface area contributed by atoms with Crippen molar-refractivity contribution in [2.75, 3.05) is 17.2 Å². The highest BCUT2D eigenvalue weighted by Crippen LogP contribution is 2.20. The number of carbonyl (C=O) groups excluding carboxylic acids is 2. The number of rotatable bonds is 2. The van der Waals surface area contributed by atoms with Gasteiger partial charge in [0.05, 0.1) is 6.54 Å². The van der Waals surface area contributed by atoms with E-state index >= 15 is 0 Å². The van der Waals surface area contributed by atoms with E-state index < -0.39 is 6.04 Å². The van der Waals surface area contributed by atoms with E-state index in [0.717, 1.165) is 0 Å². The fourth-order valence-corrected chi connectivity index (χ4v) is 2.03. The lowest BCUT2D eigenvalue weighted by Gasteiger charge is -2.34. The van der Waals surface area contributed by atoms with Gasteiger partial charge in [-0.1, -0.05) is 6.92 Å². The van der Waals surface area contributed by atoms with Gasteiger partial charge in [-0.2, -0.15) is 4.98 Å². The van der Waals surface area contributed by atoms with E-state index in [2.05, 4.69) is 15.3 Å². The summed E-state index contributed by atoms with van der Waals surface area (Å²) >= 11 is 0. The lowest BCUT2D eigenvalue weighted by molar-refractivity contribution is -0.132. The third kappa shape index (κ3) is 2.24. The van der Waals surface area contributed by atoms with Crippen LogP contribution in [0.25, 0.3) is 0 Å². The normalized spacial score (nSPS) is 19.9. The second-order valence-corrected chi connectivity index (χ2v) is 4.19. The van der Waals surface area contributed by atoms with Crippen molar-refractivity contribution >= 4 is 23.6 Å². The van der Waals surface area contributed by atoms with Gasteiger partial charge < -0.3 is 10.6 Å². The maximum Gasteiger partial charge on any atom is 0.249 e. The molecule has 0 bridgehead atoms. The molecule has 18 heavy (non-hydrogen) atoms. The first-order valence-corrected chi connectivity index (χ1v) is 5.72. The molecule has 1 aromatic rings. The van der Waals surface area contributed by atoms with E-state index in [9.17, 15) is 9.59 Å². The van der Waals surface area contributed by atoms with Crippen molar-refractivity contribution in [1.29, 1.82) is 0 Å². The quantitative estimate of drug-likeness (QED) is 0.692. The minimum Gasteiger partial charge on any atom is -0.368 e. The Morgan fingerprint density at radius 2 is 2.22 bits per heavy atom. The summed E-state index contributed by atoms with van der Waals surface area (Å²) in [6.45, 7) is 3.76. The van der Waals surface area contributed by atoms with Gasteiger partial charge in [0.2, 0.25) is 17.8 Å². The molecule has 2 heterocycles. The molecule has 96 valence electrons. The van der Waals surface area contributed by atoms with Gasteiger partial charge >= 0.3 is 0 Å². The number of anilines is 2. The van der Waals surface area contributed by atoms with Crippen LogP contribution in [0.2, 0.25) is 0 Å². The summed E-state index contributed by atoms with van der Waals surface area (Å²) < 4.78 is 0. The average molecular weight is 249 g/mol. The van der Waals surface area contributed by atoms with Gasteiger partial charge in [0.25, 0.3) is 0 Å². The Morgan fingerprint density at radius 1 is 1.50 bits per heavy atom. The first kappa shape index (κ1) is 12.3. The summed E-state index contributed by atoms with van der Waals surface area (Å²) in [5, 5.41) is 2.32. The maximum absolute atomic E-state index is 11.7. The van der Waals surface area contributed by atoms with E-state index in [-0.39, 0.29) is 24.3 Å². The molecular formula is C11H15N5O2. The highest BCUT2D eigenvalue weighted by atomic mass is 16.2. The number of nitrogens with zero attached hydrogens (tertiary/aromatic N) is 3. The van der Waals surface area contributed by atoms with Crippen LogP contribution in [0.4, 0.5) is 11.8 Å². The van der Waals surface area contributed by atoms with E-state index in [1.54, 1.807) is 17.9 Å². The van der Waals surface area contributed by atoms with Gasteiger partial charge in [-0.15, -0.1) is 0 Å². The number of amides is 2. The molecule has 0 saturated carbocycles. The van der Waals surface area contributed by atoms with Crippen molar-refractivity contribution in [1.82, 2.24) is 15.3 Å². The summed E-state index contributed by atoms with van der Waals surface area (Å²) in [4.78, 5) is 32.9. The second kappa shape index (κ2) is 4.59. The Bertz CT molecular complexity index is 482. The fraction of sp³-hybridized carbons (Fsp3) is 0.455. The number of carbonyl (C=O) groups is 2. The van der Waals surface area contributed by atoms with E-state index in [1.165, 1.54) is 0 Å². The first-order chi connectivity index (χ1) is 8.51. The first-order valence-electron chi connectivity index (χ1n) is 5.72. The Kier molecular flexibility index (Phi) is 3.14. The number of aryl methyl sites for hydroxylation is 1. The smallest absolute Gasteiger partial charge is 0.249 e. The van der Waals surface area contributed by atoms with Crippen LogP contribution >= 0.6 is 0 Å². The average Bonchev–Trinajstić information content (AvgIpc) is 2.26. The molecule has 1 fully saturated rings. The minimum atomic E-state index is -0.406. The number of nitrogens with two attached hydrogens (primary N) is 1. The standard InChI is InChI=1S/C11H15N5O2/c1-3-7-10(18)15-9(17)5-16(7)8-4-6(2)13-11(12)14-8/h4,7H,3,5H2,1-2H3,(H2,12,13,14)(H,15,17,18). The van der Waals surface area contributed by atoms with Crippen molar-refractivity contribution < 1.29 is 9.59 Å². The summed E-state index contributed by atoms with van der Waals surface area (Å²) in [6, 6.07) is 1.31. The van der Waals surface area contributed by atoms with E-state index in [1.807, 2.05) is 6.92 Å². The van der Waals surface area contributed by atoms with Gasteiger partial charge in [-0.05, 0) is 13.3 Å². The molecule has 0 aliphatic carbocycles. The zero-order valence-corrected chi connectivity index (χ0v) is 10.3. The molecule has 1 aromatic heterocycles. The summed E-state index contributed by atoms with van der Waals surface area (Å²) in [7, 11) is 0. The summed E-state index contributed by atoms with van der Waals surface area (Å²) in [6.07, 6.45) is 0.585. The van der Waals surface area contributed by atoms with Gasteiger partial charge in [0.1, 0.15) is 11.9 Å². The molecule has 0 radical (unpaired) electrons. The molecule has 1 unspecified atom stereocenters. The molecule has 2 rings (SSSR count). The van der Waals surface area contributed by atoms with E-state index in [4.69, 9.17) is 5.73 Å². The molecule has 1 saturated heterocycles. The highest BCUT2D eigenvalue weighted by molar-refractivity contribution is 6.04. The molecule has 1 aliphatic heterocycles. The summed E-state index contributed by atoms with van der Waals surface area (Å²) in [5.74, 6) is 0.0106. The lowest BCUT2D eigenvalue weighted by Crippen LogP contribution is -2.58. The predicted molar refractivity (Wildman–Crippen MR) is 65.8 cm³/mol. The van der Waals surface area contributed by atoms with E-state index in [0.29, 0.717) is 17.9 Å². The molecule has 1 aliphatic rings. The monoisotopic (exact) mass is 249 g/mol. The molecule has 0 aromatic carbocycles. The van der Waals surface area contributed by atoms with Crippen LogP contribution in [-0.4, -0.2) is 34.4 Å². The third-order valence-electron chi connectivity index (χ3n) is 2.79. The molecule has 7 nitrogen and oxygen atoms in total. The SMILES string of the molecule is CCC1C(=O)NC(=O)CN1c1cc(C)nc(N)n1. The maximum atomic E-state index is 11.7. The number of aromatic nitrogens is 2. The Morgan fingerprint density at radius 3 is 2.83 bits per heavy atom. The third-order valence-corrected chi connectivity index (χ3v) is 2.79.